The molecule has 1 aromatic carbocycles. The van der Waals surface area contributed by atoms with E-state index in [9.17, 15) is 4.79 Å². The molecule has 0 saturated heterocycles. The first kappa shape index (κ1) is 12.3. The number of hydrogen-bond donors (Lipinski definition) is 1. The average Bonchev–Trinajstić information content (AvgIpc) is 2.84. The molecule has 2 heterocycles. The number of rotatable bonds is 2. The molecule has 96 valence electrons. The van der Waals surface area contributed by atoms with Gasteiger partial charge in [0.05, 0.1) is 12.1 Å². The fourth-order valence-electron chi connectivity index (χ4n) is 1.95. The molecule has 3 aromatic rings. The van der Waals surface area contributed by atoms with E-state index in [-0.39, 0.29) is 11.4 Å². The van der Waals surface area contributed by atoms with Gasteiger partial charge in [0.15, 0.2) is 0 Å². The van der Waals surface area contributed by atoms with E-state index in [4.69, 9.17) is 23.2 Å². The molecule has 0 bridgehead atoms. The molecule has 6 heteroatoms. The first-order valence-corrected chi connectivity index (χ1v) is 6.52. The monoisotopic (exact) mass is 293 g/mol. The Hall–Kier alpha value is -1.78. The second-order valence-electron chi connectivity index (χ2n) is 4.09. The molecule has 0 saturated carbocycles. The number of aromatic amines is 1. The van der Waals surface area contributed by atoms with Gasteiger partial charge in [-0.05, 0) is 17.7 Å². The highest BCUT2D eigenvalue weighted by Gasteiger charge is 2.10. The van der Waals surface area contributed by atoms with E-state index >= 15 is 0 Å². The predicted molar refractivity (Wildman–Crippen MR) is 75.8 cm³/mol. The van der Waals surface area contributed by atoms with Crippen molar-refractivity contribution in [1.82, 2.24) is 14.6 Å². The Morgan fingerprint density at radius 3 is 2.68 bits per heavy atom. The molecular weight excluding hydrogens is 285 g/mol. The van der Waals surface area contributed by atoms with Gasteiger partial charge >= 0.3 is 0 Å². The van der Waals surface area contributed by atoms with E-state index < -0.39 is 0 Å². The Balaban J connectivity index is 2.27. The van der Waals surface area contributed by atoms with E-state index in [0.29, 0.717) is 16.4 Å². The molecule has 19 heavy (non-hydrogen) atoms. The van der Waals surface area contributed by atoms with Crippen molar-refractivity contribution in [3.05, 3.63) is 57.6 Å². The Morgan fingerprint density at radius 1 is 1.26 bits per heavy atom. The van der Waals surface area contributed by atoms with Crippen LogP contribution in [-0.4, -0.2) is 14.6 Å². The maximum atomic E-state index is 11.9. The lowest BCUT2D eigenvalue weighted by Crippen LogP contribution is -2.15. The highest BCUT2D eigenvalue weighted by molar-refractivity contribution is 6.30. The van der Waals surface area contributed by atoms with Crippen LogP contribution >= 0.6 is 23.2 Å². The number of aromatic nitrogens is 3. The van der Waals surface area contributed by atoms with Crippen LogP contribution in [0.3, 0.4) is 0 Å². The van der Waals surface area contributed by atoms with Gasteiger partial charge in [-0.25, -0.2) is 0 Å². The third kappa shape index (κ3) is 2.13. The molecule has 1 N–H and O–H groups in total. The average molecular weight is 294 g/mol. The Bertz CT molecular complexity index is 790. The first-order valence-electron chi connectivity index (χ1n) is 5.61. The lowest BCUT2D eigenvalue weighted by Gasteiger charge is -2.02. The lowest BCUT2D eigenvalue weighted by atomic mass is 10.1. The molecule has 0 amide bonds. The smallest absolute Gasteiger partial charge is 0.274 e. The van der Waals surface area contributed by atoms with Crippen molar-refractivity contribution in [1.29, 1.82) is 0 Å². The predicted octanol–water partition coefficient (Wildman–Crippen LogP) is 3.08. The van der Waals surface area contributed by atoms with Crippen LogP contribution in [0.1, 0.15) is 5.69 Å². The van der Waals surface area contributed by atoms with Crippen LogP contribution in [0.25, 0.3) is 16.8 Å². The van der Waals surface area contributed by atoms with E-state index in [0.717, 1.165) is 11.1 Å². The van der Waals surface area contributed by atoms with Crippen LogP contribution < -0.4 is 5.56 Å². The van der Waals surface area contributed by atoms with Crippen molar-refractivity contribution < 1.29 is 0 Å². The summed E-state index contributed by atoms with van der Waals surface area (Å²) in [5, 5.41) is 4.75. The van der Waals surface area contributed by atoms with Gasteiger partial charge in [-0.2, -0.15) is 9.61 Å². The number of H-pyrrole nitrogens is 1. The van der Waals surface area contributed by atoms with Crippen molar-refractivity contribution in [2.45, 2.75) is 5.88 Å². The second-order valence-corrected chi connectivity index (χ2v) is 4.80. The first-order chi connectivity index (χ1) is 9.19. The fraction of sp³-hybridized carbons (Fsp3) is 0.0769. The highest BCUT2D eigenvalue weighted by atomic mass is 35.5. The van der Waals surface area contributed by atoms with Gasteiger partial charge < -0.3 is 4.98 Å². The number of nitrogens with zero attached hydrogens (tertiary/aromatic N) is 2. The van der Waals surface area contributed by atoms with Crippen LogP contribution in [0.5, 0.6) is 0 Å². The number of hydrogen-bond acceptors (Lipinski definition) is 2. The standard InChI is InChI=1S/C13H9Cl2N3O/c14-6-10-5-12(19)18-13(17-10)11(7-16-18)8-1-3-9(15)4-2-8/h1-5,7,17H,6H2. The zero-order valence-corrected chi connectivity index (χ0v) is 11.2. The molecule has 0 aliphatic rings. The normalized spacial score (nSPS) is 11.1. The van der Waals surface area contributed by atoms with E-state index in [1.165, 1.54) is 10.6 Å². The van der Waals surface area contributed by atoms with Gasteiger partial charge in [-0.15, -0.1) is 11.6 Å². The summed E-state index contributed by atoms with van der Waals surface area (Å²) in [6.07, 6.45) is 1.65. The Kier molecular flexibility index (Phi) is 3.05. The molecule has 0 radical (unpaired) electrons. The quantitative estimate of drug-likeness (QED) is 0.738. The topological polar surface area (TPSA) is 50.2 Å². The minimum Gasteiger partial charge on any atom is -0.342 e. The molecule has 0 aliphatic heterocycles. The number of benzene rings is 1. The van der Waals surface area contributed by atoms with E-state index in [1.807, 2.05) is 12.1 Å². The lowest BCUT2D eigenvalue weighted by molar-refractivity contribution is 0.888. The maximum absolute atomic E-state index is 11.9. The molecule has 0 fully saturated rings. The van der Waals surface area contributed by atoms with E-state index in [2.05, 4.69) is 10.1 Å². The summed E-state index contributed by atoms with van der Waals surface area (Å²) in [4.78, 5) is 15.0. The van der Waals surface area contributed by atoms with E-state index in [1.54, 1.807) is 18.3 Å². The molecule has 3 rings (SSSR count). The van der Waals surface area contributed by atoms with Gasteiger partial charge in [-0.1, -0.05) is 23.7 Å². The summed E-state index contributed by atoms with van der Waals surface area (Å²) < 4.78 is 1.32. The van der Waals surface area contributed by atoms with Crippen molar-refractivity contribution >= 4 is 28.8 Å². The number of fused-ring (bicyclic) bond motifs is 1. The minimum atomic E-state index is -0.204. The maximum Gasteiger partial charge on any atom is 0.274 e. The van der Waals surface area contributed by atoms with Crippen molar-refractivity contribution in [2.75, 3.05) is 0 Å². The van der Waals surface area contributed by atoms with Gasteiger partial charge in [0.1, 0.15) is 5.65 Å². The van der Waals surface area contributed by atoms with Crippen LogP contribution in [-0.2, 0) is 5.88 Å². The second kappa shape index (κ2) is 4.72. The van der Waals surface area contributed by atoms with Crippen molar-refractivity contribution in [3.8, 4) is 11.1 Å². The van der Waals surface area contributed by atoms with Gasteiger partial charge in [0, 0.05) is 22.3 Å². The summed E-state index contributed by atoms with van der Waals surface area (Å²) in [5.41, 5.74) is 2.85. The van der Waals surface area contributed by atoms with Crippen molar-refractivity contribution in [2.24, 2.45) is 0 Å². The summed E-state index contributed by atoms with van der Waals surface area (Å²) >= 11 is 11.6. The fourth-order valence-corrected chi connectivity index (χ4v) is 2.22. The van der Waals surface area contributed by atoms with Crippen molar-refractivity contribution in [3.63, 3.8) is 0 Å². The molecule has 0 aliphatic carbocycles. The molecule has 0 spiro atoms. The number of nitrogens with one attached hydrogen (secondary N) is 1. The van der Waals surface area contributed by atoms with Crippen LogP contribution in [0, 0.1) is 0 Å². The third-order valence-corrected chi connectivity index (χ3v) is 3.39. The van der Waals surface area contributed by atoms with Gasteiger partial charge in [0.2, 0.25) is 0 Å². The number of halogens is 2. The highest BCUT2D eigenvalue weighted by Crippen LogP contribution is 2.24. The third-order valence-electron chi connectivity index (χ3n) is 2.85. The van der Waals surface area contributed by atoms with Crippen LogP contribution in [0.2, 0.25) is 5.02 Å². The SMILES string of the molecule is O=c1cc(CCl)[nH]c2c(-c3ccc(Cl)cc3)cnn12. The zero-order valence-electron chi connectivity index (χ0n) is 9.73. The summed E-state index contributed by atoms with van der Waals surface area (Å²) in [6.45, 7) is 0. The molecule has 4 nitrogen and oxygen atoms in total. The van der Waals surface area contributed by atoms with Gasteiger partial charge in [0.25, 0.3) is 5.56 Å². The molecule has 0 atom stereocenters. The Labute approximate surface area is 118 Å². The summed E-state index contributed by atoms with van der Waals surface area (Å²) in [6, 6.07) is 8.79. The van der Waals surface area contributed by atoms with Gasteiger partial charge in [-0.3, -0.25) is 4.79 Å². The van der Waals surface area contributed by atoms with Crippen LogP contribution in [0.4, 0.5) is 0 Å². The minimum absolute atomic E-state index is 0.204. The molecule has 0 unspecified atom stereocenters. The zero-order chi connectivity index (χ0) is 13.4. The van der Waals surface area contributed by atoms with Crippen LogP contribution in [0.15, 0.2) is 41.3 Å². The number of alkyl halides is 1. The summed E-state index contributed by atoms with van der Waals surface area (Å²) in [5.74, 6) is 0.247. The molecular formula is C13H9Cl2N3O. The largest absolute Gasteiger partial charge is 0.342 e. The molecule has 2 aromatic heterocycles. The summed E-state index contributed by atoms with van der Waals surface area (Å²) in [7, 11) is 0. The Morgan fingerprint density at radius 2 is 2.00 bits per heavy atom.